The lowest BCUT2D eigenvalue weighted by molar-refractivity contribution is 0.102. The van der Waals surface area contributed by atoms with Crippen molar-refractivity contribution in [2.75, 3.05) is 5.32 Å². The maximum atomic E-state index is 12.0. The van der Waals surface area contributed by atoms with Crippen LogP contribution in [0.2, 0.25) is 0 Å². The number of carbonyl (C=O) groups excluding carboxylic acids is 1. The smallest absolute Gasteiger partial charge is 0.260 e. The molecule has 3 rings (SSSR count). The van der Waals surface area contributed by atoms with Gasteiger partial charge in [-0.3, -0.25) is 4.79 Å². The second kappa shape index (κ2) is 4.55. The van der Waals surface area contributed by atoms with Crippen molar-refractivity contribution in [3.8, 4) is 0 Å². The highest BCUT2D eigenvalue weighted by Gasteiger charge is 2.12. The van der Waals surface area contributed by atoms with Gasteiger partial charge in [-0.2, -0.15) is 0 Å². The minimum Gasteiger partial charge on any atom is -0.457 e. The molecule has 1 amide bonds. The summed E-state index contributed by atoms with van der Waals surface area (Å²) < 4.78 is 6.50. The summed E-state index contributed by atoms with van der Waals surface area (Å²) in [5.41, 5.74) is 3.93. The SMILES string of the molecule is O=C(Nc1ccc2ncsc2c1)c1ccoc1Br. The fourth-order valence-electron chi connectivity index (χ4n) is 1.59. The lowest BCUT2D eigenvalue weighted by Gasteiger charge is -2.03. The van der Waals surface area contributed by atoms with Crippen LogP contribution in [0.3, 0.4) is 0 Å². The number of amides is 1. The molecule has 0 radical (unpaired) electrons. The van der Waals surface area contributed by atoms with E-state index in [9.17, 15) is 4.79 Å². The molecular weight excluding hydrogens is 316 g/mol. The molecule has 3 aromatic rings. The second-order valence-corrected chi connectivity index (χ2v) is 5.20. The highest BCUT2D eigenvalue weighted by atomic mass is 79.9. The van der Waals surface area contributed by atoms with E-state index in [1.54, 1.807) is 11.6 Å². The van der Waals surface area contributed by atoms with Crippen LogP contribution >= 0.6 is 27.3 Å². The van der Waals surface area contributed by atoms with Gasteiger partial charge in [0, 0.05) is 5.69 Å². The van der Waals surface area contributed by atoms with Crippen LogP contribution in [0.4, 0.5) is 5.69 Å². The van der Waals surface area contributed by atoms with Gasteiger partial charge in [-0.1, -0.05) is 0 Å². The molecule has 0 bridgehead atoms. The van der Waals surface area contributed by atoms with Gasteiger partial charge in [-0.25, -0.2) is 4.98 Å². The molecule has 0 unspecified atom stereocenters. The lowest BCUT2D eigenvalue weighted by atomic mass is 10.2. The molecular formula is C12H7BrN2O2S. The van der Waals surface area contributed by atoms with Gasteiger partial charge in [0.2, 0.25) is 0 Å². The van der Waals surface area contributed by atoms with Gasteiger partial charge < -0.3 is 9.73 Å². The van der Waals surface area contributed by atoms with Crippen LogP contribution in [0, 0.1) is 0 Å². The zero-order valence-corrected chi connectivity index (χ0v) is 11.4. The molecule has 18 heavy (non-hydrogen) atoms. The Bertz CT molecular complexity index is 720. The molecule has 0 aliphatic rings. The average Bonchev–Trinajstić information content (AvgIpc) is 2.96. The third-order valence-electron chi connectivity index (χ3n) is 2.45. The minimum atomic E-state index is -0.209. The number of hydrogen-bond donors (Lipinski definition) is 1. The molecule has 2 aromatic heterocycles. The number of rotatable bonds is 2. The molecule has 0 fully saturated rings. The quantitative estimate of drug-likeness (QED) is 0.778. The lowest BCUT2D eigenvalue weighted by Crippen LogP contribution is -2.11. The highest BCUT2D eigenvalue weighted by molar-refractivity contribution is 9.10. The van der Waals surface area contributed by atoms with Crippen LogP contribution in [-0.2, 0) is 0 Å². The summed E-state index contributed by atoms with van der Waals surface area (Å²) in [4.78, 5) is 16.1. The number of nitrogens with zero attached hydrogens (tertiary/aromatic N) is 1. The maximum Gasteiger partial charge on any atom is 0.260 e. The van der Waals surface area contributed by atoms with E-state index in [2.05, 4.69) is 26.2 Å². The van der Waals surface area contributed by atoms with E-state index >= 15 is 0 Å². The van der Waals surface area contributed by atoms with Crippen molar-refractivity contribution in [2.24, 2.45) is 0 Å². The highest BCUT2D eigenvalue weighted by Crippen LogP contribution is 2.23. The van der Waals surface area contributed by atoms with E-state index in [0.717, 1.165) is 15.9 Å². The van der Waals surface area contributed by atoms with E-state index in [4.69, 9.17) is 4.42 Å². The molecule has 1 aromatic carbocycles. The van der Waals surface area contributed by atoms with Gasteiger partial charge in [-0.05, 0) is 40.2 Å². The van der Waals surface area contributed by atoms with Crippen molar-refractivity contribution in [1.29, 1.82) is 0 Å². The van der Waals surface area contributed by atoms with Crippen molar-refractivity contribution in [2.45, 2.75) is 0 Å². The Hall–Kier alpha value is -1.66. The average molecular weight is 323 g/mol. The number of fused-ring (bicyclic) bond motifs is 1. The van der Waals surface area contributed by atoms with Gasteiger partial charge in [0.15, 0.2) is 4.67 Å². The first-order chi connectivity index (χ1) is 8.74. The van der Waals surface area contributed by atoms with E-state index < -0.39 is 0 Å². The third kappa shape index (κ3) is 2.04. The Morgan fingerprint density at radius 1 is 1.39 bits per heavy atom. The number of thiazole rings is 1. The predicted molar refractivity (Wildman–Crippen MR) is 74.0 cm³/mol. The summed E-state index contributed by atoms with van der Waals surface area (Å²) in [5, 5.41) is 2.82. The standard InChI is InChI=1S/C12H7BrN2O2S/c13-11-8(3-4-17-11)12(16)15-7-1-2-9-10(5-7)18-6-14-9/h1-6H,(H,15,16). The van der Waals surface area contributed by atoms with Crippen LogP contribution < -0.4 is 5.32 Å². The monoisotopic (exact) mass is 322 g/mol. The first-order valence-corrected chi connectivity index (χ1v) is 6.79. The molecule has 0 atom stereocenters. The number of benzene rings is 1. The largest absolute Gasteiger partial charge is 0.457 e. The number of halogens is 1. The number of carbonyl (C=O) groups is 1. The molecule has 2 heterocycles. The Morgan fingerprint density at radius 2 is 2.28 bits per heavy atom. The summed E-state index contributed by atoms with van der Waals surface area (Å²) in [7, 11) is 0. The minimum absolute atomic E-state index is 0.209. The van der Waals surface area contributed by atoms with E-state index in [-0.39, 0.29) is 5.91 Å². The van der Waals surface area contributed by atoms with E-state index in [0.29, 0.717) is 10.2 Å². The summed E-state index contributed by atoms with van der Waals surface area (Å²) in [6.45, 7) is 0. The molecule has 0 aliphatic heterocycles. The van der Waals surface area contributed by atoms with Crippen LogP contribution in [0.15, 0.2) is 45.1 Å². The topological polar surface area (TPSA) is 55.1 Å². The molecule has 0 saturated carbocycles. The van der Waals surface area contributed by atoms with Crippen molar-refractivity contribution in [3.05, 3.63) is 46.3 Å². The number of nitrogens with one attached hydrogen (secondary N) is 1. The van der Waals surface area contributed by atoms with Gasteiger partial charge in [0.1, 0.15) is 0 Å². The Kier molecular flexibility index (Phi) is 2.89. The van der Waals surface area contributed by atoms with Crippen molar-refractivity contribution < 1.29 is 9.21 Å². The molecule has 0 spiro atoms. The second-order valence-electron chi connectivity index (χ2n) is 3.60. The number of furan rings is 1. The molecule has 1 N–H and O–H groups in total. The van der Waals surface area contributed by atoms with Crippen LogP contribution in [0.5, 0.6) is 0 Å². The number of hydrogen-bond acceptors (Lipinski definition) is 4. The summed E-state index contributed by atoms with van der Waals surface area (Å²) in [6, 6.07) is 7.23. The van der Waals surface area contributed by atoms with Gasteiger partial charge >= 0.3 is 0 Å². The van der Waals surface area contributed by atoms with Crippen LogP contribution in [0.25, 0.3) is 10.2 Å². The zero-order valence-electron chi connectivity index (χ0n) is 9.01. The van der Waals surface area contributed by atoms with Gasteiger partial charge in [0.05, 0.1) is 27.6 Å². The van der Waals surface area contributed by atoms with E-state index in [1.807, 2.05) is 18.2 Å². The third-order valence-corrected chi connectivity index (χ3v) is 3.86. The van der Waals surface area contributed by atoms with E-state index in [1.165, 1.54) is 17.6 Å². The first kappa shape index (κ1) is 11.4. The van der Waals surface area contributed by atoms with Crippen LogP contribution in [0.1, 0.15) is 10.4 Å². The maximum absolute atomic E-state index is 12.0. The van der Waals surface area contributed by atoms with Crippen LogP contribution in [-0.4, -0.2) is 10.9 Å². The summed E-state index contributed by atoms with van der Waals surface area (Å²) >= 11 is 4.72. The summed E-state index contributed by atoms with van der Waals surface area (Å²) in [5.74, 6) is -0.209. The predicted octanol–water partition coefficient (Wildman–Crippen LogP) is 3.90. The van der Waals surface area contributed by atoms with Gasteiger partial charge in [0.25, 0.3) is 5.91 Å². The molecule has 4 nitrogen and oxygen atoms in total. The van der Waals surface area contributed by atoms with Crippen molar-refractivity contribution >= 4 is 49.1 Å². The molecule has 0 aliphatic carbocycles. The Morgan fingerprint density at radius 3 is 3.06 bits per heavy atom. The number of anilines is 1. The van der Waals surface area contributed by atoms with Gasteiger partial charge in [-0.15, -0.1) is 11.3 Å². The first-order valence-electron chi connectivity index (χ1n) is 5.11. The Labute approximate surface area is 115 Å². The molecule has 90 valence electrons. The molecule has 6 heteroatoms. The number of aromatic nitrogens is 1. The fourth-order valence-corrected chi connectivity index (χ4v) is 2.72. The molecule has 0 saturated heterocycles. The Balaban J connectivity index is 1.88. The zero-order chi connectivity index (χ0) is 12.5. The summed E-state index contributed by atoms with van der Waals surface area (Å²) in [6.07, 6.45) is 1.46. The normalized spacial score (nSPS) is 10.7. The van der Waals surface area contributed by atoms with Crippen molar-refractivity contribution in [1.82, 2.24) is 4.98 Å². The fraction of sp³-hybridized carbons (Fsp3) is 0. The van der Waals surface area contributed by atoms with Crippen molar-refractivity contribution in [3.63, 3.8) is 0 Å².